The molecule has 0 saturated heterocycles. The maximum Gasteiger partial charge on any atom is 0.262 e. The average molecular weight is 351 g/mol. The van der Waals surface area contributed by atoms with Gasteiger partial charge in [-0.1, -0.05) is 23.2 Å². The van der Waals surface area contributed by atoms with Crippen LogP contribution in [-0.2, 0) is 4.79 Å². The summed E-state index contributed by atoms with van der Waals surface area (Å²) in [5.74, 6) is 0.477. The number of carbonyl (C=O) groups excluding carboxylic acids is 1. The van der Waals surface area contributed by atoms with Crippen LogP contribution in [0.15, 0.2) is 36.4 Å². The normalized spacial score (nSPS) is 9.83. The lowest BCUT2D eigenvalue weighted by molar-refractivity contribution is -0.118. The average Bonchev–Trinajstić information content (AvgIpc) is 2.53. The van der Waals surface area contributed by atoms with Gasteiger partial charge in [0.05, 0.1) is 28.8 Å². The molecule has 0 saturated carbocycles. The van der Waals surface area contributed by atoms with E-state index in [2.05, 4.69) is 5.32 Å². The Labute approximate surface area is 143 Å². The summed E-state index contributed by atoms with van der Waals surface area (Å²) < 4.78 is 10.4. The van der Waals surface area contributed by atoms with Crippen molar-refractivity contribution in [3.8, 4) is 17.6 Å². The molecule has 0 bridgehead atoms. The Bertz CT molecular complexity index is 772. The fraction of sp³-hybridized carbons (Fsp3) is 0.125. The fourth-order valence-electron chi connectivity index (χ4n) is 1.77. The van der Waals surface area contributed by atoms with E-state index in [0.717, 1.165) is 0 Å². The van der Waals surface area contributed by atoms with Crippen LogP contribution in [0.3, 0.4) is 0 Å². The quantitative estimate of drug-likeness (QED) is 0.887. The monoisotopic (exact) mass is 350 g/mol. The largest absolute Gasteiger partial charge is 0.495 e. The highest BCUT2D eigenvalue weighted by atomic mass is 35.5. The second-order valence-electron chi connectivity index (χ2n) is 4.44. The molecule has 7 heteroatoms. The lowest BCUT2D eigenvalue weighted by atomic mass is 10.2. The third-order valence-electron chi connectivity index (χ3n) is 2.86. The van der Waals surface area contributed by atoms with E-state index in [1.54, 1.807) is 30.3 Å². The molecule has 0 aliphatic heterocycles. The van der Waals surface area contributed by atoms with Crippen molar-refractivity contribution in [2.75, 3.05) is 19.0 Å². The number of amides is 1. The van der Waals surface area contributed by atoms with Gasteiger partial charge in [-0.3, -0.25) is 4.79 Å². The van der Waals surface area contributed by atoms with Crippen LogP contribution in [0.1, 0.15) is 5.56 Å². The predicted octanol–water partition coefficient (Wildman–Crippen LogP) is 3.89. The van der Waals surface area contributed by atoms with Gasteiger partial charge < -0.3 is 14.8 Å². The molecule has 2 aromatic carbocycles. The molecule has 1 N–H and O–H groups in total. The van der Waals surface area contributed by atoms with Crippen molar-refractivity contribution in [3.63, 3.8) is 0 Å². The number of nitrogens with one attached hydrogen (secondary N) is 1. The number of carbonyl (C=O) groups is 1. The number of hydrogen-bond acceptors (Lipinski definition) is 4. The number of nitriles is 1. The van der Waals surface area contributed by atoms with E-state index in [0.29, 0.717) is 27.8 Å². The van der Waals surface area contributed by atoms with Crippen molar-refractivity contribution in [2.24, 2.45) is 0 Å². The van der Waals surface area contributed by atoms with Crippen molar-refractivity contribution in [3.05, 3.63) is 52.0 Å². The molecule has 0 aliphatic rings. The van der Waals surface area contributed by atoms with Crippen LogP contribution in [-0.4, -0.2) is 19.6 Å². The van der Waals surface area contributed by atoms with Gasteiger partial charge in [-0.2, -0.15) is 5.26 Å². The lowest BCUT2D eigenvalue weighted by Crippen LogP contribution is -2.20. The first kappa shape index (κ1) is 16.9. The summed E-state index contributed by atoms with van der Waals surface area (Å²) in [4.78, 5) is 11.9. The molecule has 0 spiro atoms. The minimum absolute atomic E-state index is 0.227. The van der Waals surface area contributed by atoms with Crippen LogP contribution in [0.2, 0.25) is 10.0 Å². The van der Waals surface area contributed by atoms with E-state index in [1.807, 2.05) is 6.07 Å². The first-order chi connectivity index (χ1) is 11.0. The molecule has 0 aromatic heterocycles. The lowest BCUT2D eigenvalue weighted by Gasteiger charge is -2.10. The molecule has 1 amide bonds. The molecular weight excluding hydrogens is 339 g/mol. The zero-order valence-electron chi connectivity index (χ0n) is 12.1. The molecule has 23 heavy (non-hydrogen) atoms. The van der Waals surface area contributed by atoms with Gasteiger partial charge in [0.15, 0.2) is 6.61 Å². The molecule has 0 radical (unpaired) electrons. The fourth-order valence-corrected chi connectivity index (χ4v) is 2.26. The van der Waals surface area contributed by atoms with E-state index >= 15 is 0 Å². The highest BCUT2D eigenvalue weighted by molar-refractivity contribution is 6.32. The maximum absolute atomic E-state index is 11.9. The number of rotatable bonds is 5. The first-order valence-corrected chi connectivity index (χ1v) is 7.25. The number of hydrogen-bond donors (Lipinski definition) is 1. The number of methoxy groups -OCH3 is 1. The number of anilines is 1. The molecular formula is C16H12Cl2N2O3. The summed E-state index contributed by atoms with van der Waals surface area (Å²) in [6.45, 7) is -0.227. The second kappa shape index (κ2) is 7.73. The van der Waals surface area contributed by atoms with Crippen molar-refractivity contribution >= 4 is 34.8 Å². The molecule has 118 valence electrons. The molecule has 5 nitrogen and oxygen atoms in total. The SMILES string of the molecule is COc1ccc(NC(=O)COc2ccc(C#N)cc2Cl)cc1Cl. The Hall–Kier alpha value is -2.42. The highest BCUT2D eigenvalue weighted by Crippen LogP contribution is 2.27. The van der Waals surface area contributed by atoms with E-state index in [9.17, 15) is 4.79 Å². The molecule has 0 heterocycles. The number of halogens is 2. The van der Waals surface area contributed by atoms with E-state index in [-0.39, 0.29) is 17.5 Å². The maximum atomic E-state index is 11.9. The van der Waals surface area contributed by atoms with E-state index < -0.39 is 0 Å². The van der Waals surface area contributed by atoms with Gasteiger partial charge in [-0.05, 0) is 36.4 Å². The zero-order chi connectivity index (χ0) is 16.8. The Kier molecular flexibility index (Phi) is 5.69. The molecule has 2 rings (SSSR count). The standard InChI is InChI=1S/C16H12Cl2N2O3/c1-22-14-5-3-11(7-13(14)18)20-16(21)9-23-15-4-2-10(8-19)6-12(15)17/h2-7H,9H2,1H3,(H,20,21). The number of ether oxygens (including phenoxy) is 2. The van der Waals surface area contributed by atoms with Gasteiger partial charge >= 0.3 is 0 Å². The van der Waals surface area contributed by atoms with Crippen LogP contribution < -0.4 is 14.8 Å². The van der Waals surface area contributed by atoms with Gasteiger partial charge in [0.2, 0.25) is 0 Å². The third kappa shape index (κ3) is 4.52. The van der Waals surface area contributed by atoms with E-state index in [1.165, 1.54) is 13.2 Å². The predicted molar refractivity (Wildman–Crippen MR) is 88.3 cm³/mol. The molecule has 0 fully saturated rings. The Balaban J connectivity index is 1.95. The van der Waals surface area contributed by atoms with Gasteiger partial charge in [-0.15, -0.1) is 0 Å². The van der Waals surface area contributed by atoms with Gasteiger partial charge in [0.25, 0.3) is 5.91 Å². The van der Waals surface area contributed by atoms with Gasteiger partial charge in [0.1, 0.15) is 11.5 Å². The smallest absolute Gasteiger partial charge is 0.262 e. The van der Waals surface area contributed by atoms with Gasteiger partial charge in [-0.25, -0.2) is 0 Å². The Morgan fingerprint density at radius 1 is 1.17 bits per heavy atom. The summed E-state index contributed by atoms with van der Waals surface area (Å²) in [5, 5.41) is 12.1. The van der Waals surface area contributed by atoms with Crippen LogP contribution in [0.25, 0.3) is 0 Å². The van der Waals surface area contributed by atoms with Crippen LogP contribution in [0.5, 0.6) is 11.5 Å². The number of nitrogens with zero attached hydrogens (tertiary/aromatic N) is 1. The Morgan fingerprint density at radius 2 is 1.87 bits per heavy atom. The molecule has 0 unspecified atom stereocenters. The minimum Gasteiger partial charge on any atom is -0.495 e. The molecule has 0 atom stereocenters. The summed E-state index contributed by atoms with van der Waals surface area (Å²) in [5.41, 5.74) is 0.940. The van der Waals surface area contributed by atoms with Crippen LogP contribution in [0, 0.1) is 11.3 Å². The van der Waals surface area contributed by atoms with Crippen molar-refractivity contribution < 1.29 is 14.3 Å². The highest BCUT2D eigenvalue weighted by Gasteiger charge is 2.09. The first-order valence-electron chi connectivity index (χ1n) is 6.49. The summed E-state index contributed by atoms with van der Waals surface area (Å²) in [6, 6.07) is 11.4. The summed E-state index contributed by atoms with van der Waals surface area (Å²) in [6.07, 6.45) is 0. The number of benzene rings is 2. The Morgan fingerprint density at radius 3 is 2.48 bits per heavy atom. The molecule has 0 aliphatic carbocycles. The topological polar surface area (TPSA) is 71.3 Å². The second-order valence-corrected chi connectivity index (χ2v) is 5.26. The van der Waals surface area contributed by atoms with Gasteiger partial charge in [0, 0.05) is 5.69 Å². The minimum atomic E-state index is -0.369. The summed E-state index contributed by atoms with van der Waals surface area (Å²) in [7, 11) is 1.51. The van der Waals surface area contributed by atoms with E-state index in [4.69, 9.17) is 37.9 Å². The molecule has 2 aromatic rings. The summed E-state index contributed by atoms with van der Waals surface area (Å²) >= 11 is 12.0. The zero-order valence-corrected chi connectivity index (χ0v) is 13.6. The van der Waals surface area contributed by atoms with Crippen molar-refractivity contribution in [2.45, 2.75) is 0 Å². The van der Waals surface area contributed by atoms with Crippen molar-refractivity contribution in [1.29, 1.82) is 5.26 Å². The van der Waals surface area contributed by atoms with Crippen LogP contribution in [0.4, 0.5) is 5.69 Å². The third-order valence-corrected chi connectivity index (χ3v) is 3.45. The van der Waals surface area contributed by atoms with Crippen molar-refractivity contribution in [1.82, 2.24) is 0 Å². The van der Waals surface area contributed by atoms with Crippen LogP contribution >= 0.6 is 23.2 Å².